The van der Waals surface area contributed by atoms with E-state index in [1.165, 1.54) is 0 Å². The number of rotatable bonds is 6. The normalized spacial score (nSPS) is 14.5. The number of aliphatic hydroxyl groups excluding tert-OH is 1. The number of benzene rings is 1. The summed E-state index contributed by atoms with van der Waals surface area (Å²) in [6.07, 6.45) is 1.51. The Morgan fingerprint density at radius 2 is 1.94 bits per heavy atom. The van der Waals surface area contributed by atoms with Crippen LogP contribution < -0.4 is 10.5 Å². The molecule has 0 spiro atoms. The molecular formula is C13H21NO2. The number of ether oxygens (including phenoxy) is 1. The Morgan fingerprint density at radius 1 is 1.31 bits per heavy atom. The lowest BCUT2D eigenvalue weighted by atomic mass is 9.92. The second-order valence-electron chi connectivity index (χ2n) is 4.00. The Hall–Kier alpha value is -1.06. The van der Waals surface area contributed by atoms with E-state index < -0.39 is 6.10 Å². The minimum atomic E-state index is -0.476. The van der Waals surface area contributed by atoms with Gasteiger partial charge in [0.15, 0.2) is 0 Å². The molecule has 0 saturated heterocycles. The quantitative estimate of drug-likeness (QED) is 0.776. The Bertz CT molecular complexity index is 297. The summed E-state index contributed by atoms with van der Waals surface area (Å²) in [6, 6.07) is 7.50. The van der Waals surface area contributed by atoms with Crippen LogP contribution in [0.5, 0.6) is 5.75 Å². The smallest absolute Gasteiger partial charge is 0.118 e. The number of nitrogens with two attached hydrogens (primary N) is 1. The fourth-order valence-corrected chi connectivity index (χ4v) is 1.85. The summed E-state index contributed by atoms with van der Waals surface area (Å²) in [5, 5.41) is 10.2. The Labute approximate surface area is 97.2 Å². The van der Waals surface area contributed by atoms with E-state index in [4.69, 9.17) is 10.5 Å². The van der Waals surface area contributed by atoms with Crippen LogP contribution in [0.15, 0.2) is 24.3 Å². The standard InChI is InChI=1S/C13H21NO2/c1-3-4-11(9-14)13(15)10-5-7-12(16-2)8-6-10/h5-8,11,13,15H,3-4,9,14H2,1-2H3. The molecular weight excluding hydrogens is 202 g/mol. The van der Waals surface area contributed by atoms with Crippen molar-refractivity contribution in [2.24, 2.45) is 11.7 Å². The number of hydrogen-bond acceptors (Lipinski definition) is 3. The lowest BCUT2D eigenvalue weighted by molar-refractivity contribution is 0.107. The van der Waals surface area contributed by atoms with Crippen LogP contribution in [0.25, 0.3) is 0 Å². The highest BCUT2D eigenvalue weighted by Crippen LogP contribution is 2.26. The zero-order chi connectivity index (χ0) is 12.0. The number of methoxy groups -OCH3 is 1. The summed E-state index contributed by atoms with van der Waals surface area (Å²) < 4.78 is 5.08. The molecule has 0 amide bonds. The molecule has 0 bridgehead atoms. The lowest BCUT2D eigenvalue weighted by Gasteiger charge is -2.21. The van der Waals surface area contributed by atoms with E-state index in [0.29, 0.717) is 6.54 Å². The maximum absolute atomic E-state index is 10.2. The van der Waals surface area contributed by atoms with Crippen LogP contribution in [-0.2, 0) is 0 Å². The molecule has 1 aromatic carbocycles. The predicted molar refractivity (Wildman–Crippen MR) is 65.4 cm³/mol. The topological polar surface area (TPSA) is 55.5 Å². The highest BCUT2D eigenvalue weighted by atomic mass is 16.5. The summed E-state index contributed by atoms with van der Waals surface area (Å²) in [4.78, 5) is 0. The molecule has 0 fully saturated rings. The largest absolute Gasteiger partial charge is 0.497 e. The van der Waals surface area contributed by atoms with Crippen LogP contribution >= 0.6 is 0 Å². The molecule has 3 N–H and O–H groups in total. The van der Waals surface area contributed by atoms with Gasteiger partial charge in [0.05, 0.1) is 13.2 Å². The van der Waals surface area contributed by atoms with Gasteiger partial charge in [-0.3, -0.25) is 0 Å². The molecule has 2 atom stereocenters. The fraction of sp³-hybridized carbons (Fsp3) is 0.538. The molecule has 3 heteroatoms. The van der Waals surface area contributed by atoms with Crippen molar-refractivity contribution in [3.63, 3.8) is 0 Å². The van der Waals surface area contributed by atoms with Crippen molar-refractivity contribution >= 4 is 0 Å². The van der Waals surface area contributed by atoms with Gasteiger partial charge in [-0.1, -0.05) is 25.5 Å². The molecule has 0 aliphatic carbocycles. The van der Waals surface area contributed by atoms with Gasteiger partial charge in [-0.15, -0.1) is 0 Å². The van der Waals surface area contributed by atoms with Gasteiger partial charge in [0.2, 0.25) is 0 Å². The third-order valence-corrected chi connectivity index (χ3v) is 2.87. The highest BCUT2D eigenvalue weighted by Gasteiger charge is 2.18. The van der Waals surface area contributed by atoms with Crippen LogP contribution in [-0.4, -0.2) is 18.8 Å². The second-order valence-corrected chi connectivity index (χ2v) is 4.00. The van der Waals surface area contributed by atoms with Gasteiger partial charge in [0.25, 0.3) is 0 Å². The van der Waals surface area contributed by atoms with Gasteiger partial charge < -0.3 is 15.6 Å². The minimum absolute atomic E-state index is 0.137. The van der Waals surface area contributed by atoms with E-state index in [9.17, 15) is 5.11 Å². The molecule has 1 aromatic rings. The second kappa shape index (κ2) is 6.51. The number of hydrogen-bond donors (Lipinski definition) is 2. The molecule has 90 valence electrons. The van der Waals surface area contributed by atoms with Gasteiger partial charge in [0, 0.05) is 5.92 Å². The Kier molecular flexibility index (Phi) is 5.29. The first-order chi connectivity index (χ1) is 7.72. The molecule has 16 heavy (non-hydrogen) atoms. The van der Waals surface area contributed by atoms with Crippen molar-refractivity contribution in [1.82, 2.24) is 0 Å². The minimum Gasteiger partial charge on any atom is -0.497 e. The average Bonchev–Trinajstić information content (AvgIpc) is 2.35. The maximum atomic E-state index is 10.2. The number of aliphatic hydroxyl groups is 1. The third kappa shape index (κ3) is 3.22. The van der Waals surface area contributed by atoms with Crippen molar-refractivity contribution in [3.8, 4) is 5.75 Å². The van der Waals surface area contributed by atoms with Gasteiger partial charge in [-0.05, 0) is 30.7 Å². The van der Waals surface area contributed by atoms with Gasteiger partial charge in [-0.2, -0.15) is 0 Å². The van der Waals surface area contributed by atoms with Crippen LogP contribution in [0, 0.1) is 5.92 Å². The van der Waals surface area contributed by atoms with Crippen LogP contribution in [0.2, 0.25) is 0 Å². The van der Waals surface area contributed by atoms with Crippen LogP contribution in [0.1, 0.15) is 31.4 Å². The van der Waals surface area contributed by atoms with E-state index in [2.05, 4.69) is 6.92 Å². The summed E-state index contributed by atoms with van der Waals surface area (Å²) >= 11 is 0. The molecule has 2 unspecified atom stereocenters. The van der Waals surface area contributed by atoms with Crippen molar-refractivity contribution < 1.29 is 9.84 Å². The molecule has 0 aromatic heterocycles. The summed E-state index contributed by atoms with van der Waals surface area (Å²) in [7, 11) is 1.63. The molecule has 0 heterocycles. The zero-order valence-electron chi connectivity index (χ0n) is 10.0. The van der Waals surface area contributed by atoms with E-state index >= 15 is 0 Å². The first kappa shape index (κ1) is 13.0. The van der Waals surface area contributed by atoms with E-state index in [1.54, 1.807) is 7.11 Å². The monoisotopic (exact) mass is 223 g/mol. The maximum Gasteiger partial charge on any atom is 0.118 e. The molecule has 0 radical (unpaired) electrons. The summed E-state index contributed by atoms with van der Waals surface area (Å²) in [6.45, 7) is 2.62. The summed E-state index contributed by atoms with van der Waals surface area (Å²) in [5.74, 6) is 0.939. The zero-order valence-corrected chi connectivity index (χ0v) is 10.0. The lowest BCUT2D eigenvalue weighted by Crippen LogP contribution is -2.21. The van der Waals surface area contributed by atoms with Crippen molar-refractivity contribution in [2.45, 2.75) is 25.9 Å². The van der Waals surface area contributed by atoms with Crippen molar-refractivity contribution in [3.05, 3.63) is 29.8 Å². The van der Waals surface area contributed by atoms with E-state index in [1.807, 2.05) is 24.3 Å². The average molecular weight is 223 g/mol. The van der Waals surface area contributed by atoms with Crippen LogP contribution in [0.4, 0.5) is 0 Å². The van der Waals surface area contributed by atoms with E-state index in [-0.39, 0.29) is 5.92 Å². The van der Waals surface area contributed by atoms with Crippen LogP contribution in [0.3, 0.4) is 0 Å². The predicted octanol–water partition coefficient (Wildman–Crippen LogP) is 2.10. The summed E-state index contributed by atoms with van der Waals surface area (Å²) in [5.41, 5.74) is 6.58. The van der Waals surface area contributed by atoms with Crippen molar-refractivity contribution in [2.75, 3.05) is 13.7 Å². The molecule has 0 saturated carbocycles. The SMILES string of the molecule is CCCC(CN)C(O)c1ccc(OC)cc1. The molecule has 0 aliphatic heterocycles. The van der Waals surface area contributed by atoms with Gasteiger partial charge >= 0.3 is 0 Å². The fourth-order valence-electron chi connectivity index (χ4n) is 1.85. The molecule has 1 rings (SSSR count). The Morgan fingerprint density at radius 3 is 2.38 bits per heavy atom. The first-order valence-electron chi connectivity index (χ1n) is 5.75. The van der Waals surface area contributed by atoms with Crippen molar-refractivity contribution in [1.29, 1.82) is 0 Å². The van der Waals surface area contributed by atoms with E-state index in [0.717, 1.165) is 24.2 Å². The molecule has 3 nitrogen and oxygen atoms in total. The first-order valence-corrected chi connectivity index (χ1v) is 5.75. The Balaban J connectivity index is 2.73. The van der Waals surface area contributed by atoms with Gasteiger partial charge in [-0.25, -0.2) is 0 Å². The third-order valence-electron chi connectivity index (χ3n) is 2.87. The highest BCUT2D eigenvalue weighted by molar-refractivity contribution is 5.28. The van der Waals surface area contributed by atoms with Gasteiger partial charge in [0.1, 0.15) is 5.75 Å². The molecule has 0 aliphatic rings.